The van der Waals surface area contributed by atoms with Gasteiger partial charge >= 0.3 is 0 Å². The summed E-state index contributed by atoms with van der Waals surface area (Å²) in [5.41, 5.74) is 0. The highest BCUT2D eigenvalue weighted by molar-refractivity contribution is 4.84. The first kappa shape index (κ1) is 10.6. The maximum absolute atomic E-state index is 5.63. The average Bonchev–Trinajstić information content (AvgIpc) is 2.07. The number of hydrogen-bond acceptors (Lipinski definition) is 2. The molecule has 74 valence electrons. The highest BCUT2D eigenvalue weighted by atomic mass is 16.5. The fraction of sp³-hybridized carbons (Fsp3) is 0.818. The van der Waals surface area contributed by atoms with Gasteiger partial charge in [-0.15, -0.1) is 12.3 Å². The van der Waals surface area contributed by atoms with Gasteiger partial charge in [-0.1, -0.05) is 0 Å². The van der Waals surface area contributed by atoms with E-state index in [2.05, 4.69) is 11.2 Å². The Morgan fingerprint density at radius 2 is 2.31 bits per heavy atom. The topological polar surface area (TPSA) is 21.3 Å². The van der Waals surface area contributed by atoms with Crippen molar-refractivity contribution in [1.29, 1.82) is 0 Å². The van der Waals surface area contributed by atoms with Crippen LogP contribution in [0.4, 0.5) is 0 Å². The average molecular weight is 181 g/mol. The van der Waals surface area contributed by atoms with Crippen LogP contribution in [-0.4, -0.2) is 26.3 Å². The van der Waals surface area contributed by atoms with Gasteiger partial charge in [-0.25, -0.2) is 0 Å². The zero-order valence-electron chi connectivity index (χ0n) is 8.38. The SMILES string of the molecule is C#CCCCOC1CC(CNC)C1. The molecule has 1 N–H and O–H groups in total. The summed E-state index contributed by atoms with van der Waals surface area (Å²) >= 11 is 0. The first-order valence-electron chi connectivity index (χ1n) is 5.06. The van der Waals surface area contributed by atoms with E-state index in [1.165, 1.54) is 12.8 Å². The molecule has 0 atom stereocenters. The van der Waals surface area contributed by atoms with Crippen molar-refractivity contribution in [2.75, 3.05) is 20.2 Å². The summed E-state index contributed by atoms with van der Waals surface area (Å²) in [6.07, 6.45) is 9.93. The lowest BCUT2D eigenvalue weighted by Crippen LogP contribution is -2.37. The highest BCUT2D eigenvalue weighted by Gasteiger charge is 2.28. The Hall–Kier alpha value is -0.520. The van der Waals surface area contributed by atoms with Crippen molar-refractivity contribution >= 4 is 0 Å². The Morgan fingerprint density at radius 3 is 2.92 bits per heavy atom. The Morgan fingerprint density at radius 1 is 1.54 bits per heavy atom. The predicted octanol–water partition coefficient (Wildman–Crippen LogP) is 1.41. The second-order valence-corrected chi connectivity index (χ2v) is 3.70. The molecule has 0 amide bonds. The summed E-state index contributed by atoms with van der Waals surface area (Å²) < 4.78 is 5.63. The van der Waals surface area contributed by atoms with Crippen molar-refractivity contribution < 1.29 is 4.74 Å². The quantitative estimate of drug-likeness (QED) is 0.494. The Bertz CT molecular complexity index is 167. The smallest absolute Gasteiger partial charge is 0.0581 e. The zero-order chi connectivity index (χ0) is 9.52. The third kappa shape index (κ3) is 3.80. The molecule has 1 rings (SSSR count). The minimum absolute atomic E-state index is 0.510. The molecule has 0 bridgehead atoms. The standard InChI is InChI=1S/C11H19NO/c1-3-4-5-6-13-11-7-10(8-11)9-12-2/h1,10-12H,4-9H2,2H3. The van der Waals surface area contributed by atoms with Crippen molar-refractivity contribution in [1.82, 2.24) is 5.32 Å². The molecular formula is C11H19NO. The molecule has 2 nitrogen and oxygen atoms in total. The zero-order valence-corrected chi connectivity index (χ0v) is 8.38. The fourth-order valence-corrected chi connectivity index (χ4v) is 1.69. The lowest BCUT2D eigenvalue weighted by Gasteiger charge is -2.35. The summed E-state index contributed by atoms with van der Waals surface area (Å²) in [5, 5.41) is 3.18. The number of unbranched alkanes of at least 4 members (excludes halogenated alkanes) is 1. The second kappa shape index (κ2) is 6.01. The molecule has 0 aromatic carbocycles. The molecular weight excluding hydrogens is 162 g/mol. The Balaban J connectivity index is 1.88. The fourth-order valence-electron chi connectivity index (χ4n) is 1.69. The molecule has 0 spiro atoms. The monoisotopic (exact) mass is 181 g/mol. The van der Waals surface area contributed by atoms with E-state index >= 15 is 0 Å². The van der Waals surface area contributed by atoms with Crippen LogP contribution in [0.1, 0.15) is 25.7 Å². The van der Waals surface area contributed by atoms with Crippen LogP contribution < -0.4 is 5.32 Å². The maximum Gasteiger partial charge on any atom is 0.0581 e. The molecule has 1 aliphatic carbocycles. The van der Waals surface area contributed by atoms with E-state index in [9.17, 15) is 0 Å². The van der Waals surface area contributed by atoms with Gasteiger partial charge in [0.15, 0.2) is 0 Å². The maximum atomic E-state index is 5.63. The van der Waals surface area contributed by atoms with Gasteiger partial charge in [-0.3, -0.25) is 0 Å². The van der Waals surface area contributed by atoms with Crippen LogP contribution in [0, 0.1) is 18.3 Å². The molecule has 1 fully saturated rings. The van der Waals surface area contributed by atoms with Gasteiger partial charge in [-0.05, 0) is 38.8 Å². The molecule has 1 aliphatic rings. The van der Waals surface area contributed by atoms with Crippen LogP contribution in [0.5, 0.6) is 0 Å². The lowest BCUT2D eigenvalue weighted by molar-refractivity contribution is -0.0298. The van der Waals surface area contributed by atoms with E-state index in [-0.39, 0.29) is 0 Å². The van der Waals surface area contributed by atoms with Crippen LogP contribution in [0.2, 0.25) is 0 Å². The number of rotatable bonds is 6. The van der Waals surface area contributed by atoms with Gasteiger partial charge in [0.2, 0.25) is 0 Å². The molecule has 0 aromatic heterocycles. The van der Waals surface area contributed by atoms with Crippen molar-refractivity contribution in [2.24, 2.45) is 5.92 Å². The molecule has 1 saturated carbocycles. The summed E-state index contributed by atoms with van der Waals surface area (Å²) in [6, 6.07) is 0. The van der Waals surface area contributed by atoms with Crippen LogP contribution in [-0.2, 0) is 4.74 Å². The van der Waals surface area contributed by atoms with E-state index in [1.807, 2.05) is 7.05 Å². The van der Waals surface area contributed by atoms with Gasteiger partial charge < -0.3 is 10.1 Å². The molecule has 0 saturated heterocycles. The van der Waals surface area contributed by atoms with Crippen LogP contribution in [0.25, 0.3) is 0 Å². The molecule has 2 heteroatoms. The summed E-state index contributed by atoms with van der Waals surface area (Å²) in [4.78, 5) is 0. The Labute approximate surface area is 81.0 Å². The normalized spacial score (nSPS) is 26.5. The van der Waals surface area contributed by atoms with Crippen molar-refractivity contribution in [3.8, 4) is 12.3 Å². The van der Waals surface area contributed by atoms with Crippen LogP contribution in [0.15, 0.2) is 0 Å². The van der Waals surface area contributed by atoms with Gasteiger partial charge in [0, 0.05) is 13.0 Å². The number of hydrogen-bond donors (Lipinski definition) is 1. The van der Waals surface area contributed by atoms with Gasteiger partial charge in [0.05, 0.1) is 6.10 Å². The van der Waals surface area contributed by atoms with E-state index in [4.69, 9.17) is 11.2 Å². The van der Waals surface area contributed by atoms with E-state index < -0.39 is 0 Å². The van der Waals surface area contributed by atoms with Crippen molar-refractivity contribution in [3.05, 3.63) is 0 Å². The van der Waals surface area contributed by atoms with Crippen molar-refractivity contribution in [3.63, 3.8) is 0 Å². The molecule has 0 heterocycles. The third-order valence-electron chi connectivity index (χ3n) is 2.50. The van der Waals surface area contributed by atoms with Crippen molar-refractivity contribution in [2.45, 2.75) is 31.8 Å². The van der Waals surface area contributed by atoms with Crippen LogP contribution >= 0.6 is 0 Å². The summed E-state index contributed by atoms with van der Waals surface area (Å²) in [6.45, 7) is 1.96. The van der Waals surface area contributed by atoms with Gasteiger partial charge in [0.1, 0.15) is 0 Å². The van der Waals surface area contributed by atoms with E-state index in [0.29, 0.717) is 6.10 Å². The molecule has 0 aliphatic heterocycles. The second-order valence-electron chi connectivity index (χ2n) is 3.70. The molecule has 0 unspecified atom stereocenters. The number of ether oxygens (including phenoxy) is 1. The van der Waals surface area contributed by atoms with Crippen LogP contribution in [0.3, 0.4) is 0 Å². The minimum Gasteiger partial charge on any atom is -0.378 e. The molecule has 0 radical (unpaired) electrons. The lowest BCUT2D eigenvalue weighted by atomic mass is 9.82. The highest BCUT2D eigenvalue weighted by Crippen LogP contribution is 2.29. The third-order valence-corrected chi connectivity index (χ3v) is 2.50. The molecule has 0 aromatic rings. The molecule has 13 heavy (non-hydrogen) atoms. The number of nitrogens with one attached hydrogen (secondary N) is 1. The van der Waals surface area contributed by atoms with Gasteiger partial charge in [-0.2, -0.15) is 0 Å². The first-order chi connectivity index (χ1) is 6.36. The first-order valence-corrected chi connectivity index (χ1v) is 5.06. The van der Waals surface area contributed by atoms with E-state index in [0.717, 1.165) is 31.9 Å². The largest absolute Gasteiger partial charge is 0.378 e. The summed E-state index contributed by atoms with van der Waals surface area (Å²) in [5.74, 6) is 3.45. The van der Waals surface area contributed by atoms with Gasteiger partial charge in [0.25, 0.3) is 0 Å². The summed E-state index contributed by atoms with van der Waals surface area (Å²) in [7, 11) is 2.00. The predicted molar refractivity (Wildman–Crippen MR) is 54.5 cm³/mol. The number of terminal acetylenes is 1. The Kier molecular flexibility index (Phi) is 4.88. The van der Waals surface area contributed by atoms with E-state index in [1.54, 1.807) is 0 Å². The minimum atomic E-state index is 0.510.